The van der Waals surface area contributed by atoms with Gasteiger partial charge in [-0.3, -0.25) is 9.48 Å². The van der Waals surface area contributed by atoms with Crippen molar-refractivity contribution < 1.29 is 9.90 Å². The number of aromatic nitrogens is 2. The summed E-state index contributed by atoms with van der Waals surface area (Å²) in [5.74, 6) is 5.28. The number of rotatable bonds is 3. The van der Waals surface area contributed by atoms with E-state index in [0.717, 1.165) is 11.1 Å². The van der Waals surface area contributed by atoms with E-state index in [-0.39, 0.29) is 12.5 Å². The first-order valence-corrected chi connectivity index (χ1v) is 6.57. The Morgan fingerprint density at radius 2 is 2.10 bits per heavy atom. The number of aliphatic hydroxyl groups is 1. The van der Waals surface area contributed by atoms with E-state index in [1.165, 1.54) is 0 Å². The third-order valence-electron chi connectivity index (χ3n) is 2.98. The Balaban J connectivity index is 1.96. The predicted octanol–water partition coefficient (Wildman–Crippen LogP) is 1.00. The van der Waals surface area contributed by atoms with Gasteiger partial charge in [0.25, 0.3) is 5.91 Å². The summed E-state index contributed by atoms with van der Waals surface area (Å²) in [5, 5.41) is 15.6. The quantitative estimate of drug-likeness (QED) is 0.826. The molecule has 0 aliphatic heterocycles. The zero-order valence-corrected chi connectivity index (χ0v) is 12.1. The Hall–Kier alpha value is -2.58. The van der Waals surface area contributed by atoms with E-state index in [4.69, 9.17) is 5.11 Å². The summed E-state index contributed by atoms with van der Waals surface area (Å²) in [4.78, 5) is 12.0. The number of hydrogen-bond acceptors (Lipinski definition) is 3. The molecule has 5 nitrogen and oxygen atoms in total. The summed E-state index contributed by atoms with van der Waals surface area (Å²) in [6, 6.07) is 7.52. The van der Waals surface area contributed by atoms with Crippen LogP contribution in [0.15, 0.2) is 30.5 Å². The minimum Gasteiger partial charge on any atom is -0.384 e. The third kappa shape index (κ3) is 3.94. The number of carbonyl (C=O) groups excluding carboxylic acids is 1. The Labute approximate surface area is 123 Å². The molecule has 0 fully saturated rings. The monoisotopic (exact) mass is 283 g/mol. The van der Waals surface area contributed by atoms with E-state index in [0.29, 0.717) is 17.8 Å². The van der Waals surface area contributed by atoms with Gasteiger partial charge in [-0.1, -0.05) is 24.0 Å². The fourth-order valence-electron chi connectivity index (χ4n) is 1.95. The number of hydrogen-bond donors (Lipinski definition) is 2. The molecule has 1 amide bonds. The van der Waals surface area contributed by atoms with Crippen LogP contribution in [0.3, 0.4) is 0 Å². The van der Waals surface area contributed by atoms with Gasteiger partial charge in [0.1, 0.15) is 6.61 Å². The molecule has 1 aromatic carbocycles. The molecule has 1 heterocycles. The van der Waals surface area contributed by atoms with Crippen molar-refractivity contribution in [2.75, 3.05) is 6.61 Å². The molecule has 21 heavy (non-hydrogen) atoms. The Kier molecular flexibility index (Phi) is 4.75. The molecular weight excluding hydrogens is 266 g/mol. The van der Waals surface area contributed by atoms with Gasteiger partial charge in [0.2, 0.25) is 0 Å². The molecule has 0 saturated carbocycles. The topological polar surface area (TPSA) is 67.2 Å². The van der Waals surface area contributed by atoms with Gasteiger partial charge in [-0.05, 0) is 24.6 Å². The average molecular weight is 283 g/mol. The second-order valence-corrected chi connectivity index (χ2v) is 4.64. The van der Waals surface area contributed by atoms with Crippen molar-refractivity contribution in [3.05, 3.63) is 52.8 Å². The van der Waals surface area contributed by atoms with Crippen molar-refractivity contribution in [1.82, 2.24) is 15.1 Å². The number of aliphatic hydroxyl groups excluding tert-OH is 1. The van der Waals surface area contributed by atoms with Crippen molar-refractivity contribution in [3.63, 3.8) is 0 Å². The van der Waals surface area contributed by atoms with Gasteiger partial charge in [-0.15, -0.1) is 0 Å². The van der Waals surface area contributed by atoms with Crippen LogP contribution in [0.5, 0.6) is 0 Å². The lowest BCUT2D eigenvalue weighted by Gasteiger charge is -2.04. The molecule has 1 aromatic heterocycles. The number of carbonyl (C=O) groups is 1. The summed E-state index contributed by atoms with van der Waals surface area (Å²) in [6.45, 7) is 2.10. The summed E-state index contributed by atoms with van der Waals surface area (Å²) in [7, 11) is 1.79. The molecule has 0 radical (unpaired) electrons. The standard InChI is InChI=1S/C16H17N3O2/c1-12-15(11-19(2)18-12)16(21)17-10-14-7-5-13(6-8-14)4-3-9-20/h5-8,11,20H,9-10H2,1-2H3,(H,17,21). The molecule has 0 saturated heterocycles. The van der Waals surface area contributed by atoms with Crippen LogP contribution in [0.1, 0.15) is 27.2 Å². The molecule has 2 aromatic rings. The van der Waals surface area contributed by atoms with E-state index in [9.17, 15) is 4.79 Å². The zero-order valence-electron chi connectivity index (χ0n) is 12.1. The first kappa shape index (κ1) is 14.8. The smallest absolute Gasteiger partial charge is 0.255 e. The van der Waals surface area contributed by atoms with Crippen molar-refractivity contribution >= 4 is 5.91 Å². The highest BCUT2D eigenvalue weighted by Gasteiger charge is 2.11. The Bertz CT molecular complexity index is 691. The lowest BCUT2D eigenvalue weighted by Crippen LogP contribution is -2.23. The molecule has 5 heteroatoms. The van der Waals surface area contributed by atoms with Crippen molar-refractivity contribution in [2.24, 2.45) is 7.05 Å². The van der Waals surface area contributed by atoms with Crippen molar-refractivity contribution in [2.45, 2.75) is 13.5 Å². The van der Waals surface area contributed by atoms with Crippen LogP contribution in [0.2, 0.25) is 0 Å². The molecule has 2 rings (SSSR count). The minimum absolute atomic E-state index is 0.134. The number of nitrogens with zero attached hydrogens (tertiary/aromatic N) is 2. The van der Waals surface area contributed by atoms with E-state index in [1.54, 1.807) is 17.9 Å². The number of amides is 1. The molecule has 0 unspecified atom stereocenters. The van der Waals surface area contributed by atoms with Gasteiger partial charge >= 0.3 is 0 Å². The first-order valence-electron chi connectivity index (χ1n) is 6.57. The normalized spacial score (nSPS) is 9.86. The van der Waals surface area contributed by atoms with Gasteiger partial charge in [0.15, 0.2) is 0 Å². The predicted molar refractivity (Wildman–Crippen MR) is 79.5 cm³/mol. The van der Waals surface area contributed by atoms with Crippen LogP contribution in [0, 0.1) is 18.8 Å². The lowest BCUT2D eigenvalue weighted by molar-refractivity contribution is 0.0950. The van der Waals surface area contributed by atoms with Crippen LogP contribution in [-0.4, -0.2) is 27.4 Å². The van der Waals surface area contributed by atoms with Gasteiger partial charge in [-0.2, -0.15) is 5.10 Å². The zero-order chi connectivity index (χ0) is 15.2. The highest BCUT2D eigenvalue weighted by Crippen LogP contribution is 2.06. The van der Waals surface area contributed by atoms with Crippen LogP contribution in [0.4, 0.5) is 0 Å². The van der Waals surface area contributed by atoms with Gasteiger partial charge < -0.3 is 10.4 Å². The van der Waals surface area contributed by atoms with Crippen LogP contribution in [-0.2, 0) is 13.6 Å². The van der Waals surface area contributed by atoms with Gasteiger partial charge in [-0.25, -0.2) is 0 Å². The molecule has 108 valence electrons. The SMILES string of the molecule is Cc1nn(C)cc1C(=O)NCc1ccc(C#CCO)cc1. The Morgan fingerprint density at radius 3 is 2.67 bits per heavy atom. The maximum absolute atomic E-state index is 12.0. The van der Waals surface area contributed by atoms with Crippen LogP contribution in [0.25, 0.3) is 0 Å². The summed E-state index contributed by atoms with van der Waals surface area (Å²) >= 11 is 0. The summed E-state index contributed by atoms with van der Waals surface area (Å²) in [6.07, 6.45) is 1.71. The van der Waals surface area contributed by atoms with E-state index in [2.05, 4.69) is 22.3 Å². The molecule has 2 N–H and O–H groups in total. The highest BCUT2D eigenvalue weighted by molar-refractivity contribution is 5.94. The van der Waals surface area contributed by atoms with E-state index in [1.807, 2.05) is 31.2 Å². The number of benzene rings is 1. The molecular formula is C16H17N3O2. The van der Waals surface area contributed by atoms with Crippen LogP contribution >= 0.6 is 0 Å². The largest absolute Gasteiger partial charge is 0.384 e. The number of aryl methyl sites for hydroxylation is 2. The van der Waals surface area contributed by atoms with E-state index >= 15 is 0 Å². The second-order valence-electron chi connectivity index (χ2n) is 4.64. The fraction of sp³-hybridized carbons (Fsp3) is 0.250. The molecule has 0 atom stereocenters. The highest BCUT2D eigenvalue weighted by atomic mass is 16.2. The average Bonchev–Trinajstić information content (AvgIpc) is 2.82. The summed E-state index contributed by atoms with van der Waals surface area (Å²) in [5.41, 5.74) is 3.12. The summed E-state index contributed by atoms with van der Waals surface area (Å²) < 4.78 is 1.62. The maximum atomic E-state index is 12.0. The fourth-order valence-corrected chi connectivity index (χ4v) is 1.95. The minimum atomic E-state index is -0.151. The van der Waals surface area contributed by atoms with Gasteiger partial charge in [0, 0.05) is 25.4 Å². The Morgan fingerprint density at radius 1 is 1.38 bits per heavy atom. The van der Waals surface area contributed by atoms with Crippen molar-refractivity contribution in [1.29, 1.82) is 0 Å². The second kappa shape index (κ2) is 6.73. The van der Waals surface area contributed by atoms with Crippen molar-refractivity contribution in [3.8, 4) is 11.8 Å². The van der Waals surface area contributed by atoms with E-state index < -0.39 is 0 Å². The third-order valence-corrected chi connectivity index (χ3v) is 2.98. The molecule has 0 aliphatic rings. The lowest BCUT2D eigenvalue weighted by atomic mass is 10.1. The molecule has 0 aliphatic carbocycles. The first-order chi connectivity index (χ1) is 10.1. The van der Waals surface area contributed by atoms with Crippen LogP contribution < -0.4 is 5.32 Å². The van der Waals surface area contributed by atoms with Gasteiger partial charge in [0.05, 0.1) is 11.3 Å². The molecule has 0 bridgehead atoms. The number of nitrogens with one attached hydrogen (secondary N) is 1. The molecule has 0 spiro atoms. The maximum Gasteiger partial charge on any atom is 0.255 e.